The maximum atomic E-state index is 11.3. The van der Waals surface area contributed by atoms with Crippen molar-refractivity contribution in [2.24, 2.45) is 17.8 Å². The van der Waals surface area contributed by atoms with E-state index < -0.39 is 6.09 Å². The van der Waals surface area contributed by atoms with Crippen LogP contribution in [0.1, 0.15) is 78.5 Å². The quantitative estimate of drug-likeness (QED) is 0.306. The number of carbonyl (C=O) groups is 1. The number of imidazole rings is 1. The Balaban J connectivity index is 1.63. The van der Waals surface area contributed by atoms with Crippen molar-refractivity contribution < 1.29 is 14.6 Å². The molecule has 2 aromatic heterocycles. The number of ether oxygens (including phenoxy) is 1. The van der Waals surface area contributed by atoms with E-state index in [4.69, 9.17) is 20.1 Å². The van der Waals surface area contributed by atoms with Crippen molar-refractivity contribution in [2.75, 3.05) is 30.0 Å². The lowest BCUT2D eigenvalue weighted by atomic mass is 9.80. The minimum absolute atomic E-state index is 0.0205. The van der Waals surface area contributed by atoms with Crippen LogP contribution in [-0.4, -0.2) is 67.9 Å². The van der Waals surface area contributed by atoms with Gasteiger partial charge in [0.2, 0.25) is 5.95 Å². The Morgan fingerprint density at radius 2 is 1.92 bits per heavy atom. The van der Waals surface area contributed by atoms with Gasteiger partial charge in [-0.15, -0.1) is 0 Å². The van der Waals surface area contributed by atoms with Gasteiger partial charge in [0, 0.05) is 19.1 Å². The second-order valence-electron chi connectivity index (χ2n) is 12.2. The van der Waals surface area contributed by atoms with Gasteiger partial charge in [0.15, 0.2) is 23.1 Å². The normalized spacial score (nSPS) is 24.6. The molecule has 3 heterocycles. The fourth-order valence-electron chi connectivity index (χ4n) is 6.05. The summed E-state index contributed by atoms with van der Waals surface area (Å²) in [6.45, 7) is 11.6. The smallest absolute Gasteiger partial charge is 0.410 e. The van der Waals surface area contributed by atoms with Crippen LogP contribution in [0.4, 0.5) is 16.6 Å². The first-order valence-corrected chi connectivity index (χ1v) is 14.1. The largest absolute Gasteiger partial charge is 0.465 e. The molecule has 208 valence electrons. The lowest BCUT2D eigenvalue weighted by molar-refractivity contribution is 0.0628. The topological polar surface area (TPSA) is 141 Å². The highest BCUT2D eigenvalue weighted by atomic mass is 16.5. The fourth-order valence-corrected chi connectivity index (χ4v) is 6.05. The van der Waals surface area contributed by atoms with Gasteiger partial charge in [-0.3, -0.25) is 10.7 Å². The molecule has 11 nitrogen and oxygen atoms in total. The molecule has 0 unspecified atom stereocenters. The summed E-state index contributed by atoms with van der Waals surface area (Å²) >= 11 is 0. The molecular formula is C27H42N8O3. The van der Waals surface area contributed by atoms with Gasteiger partial charge in [-0.25, -0.2) is 14.8 Å². The van der Waals surface area contributed by atoms with Gasteiger partial charge in [-0.1, -0.05) is 26.2 Å². The second-order valence-corrected chi connectivity index (χ2v) is 12.2. The van der Waals surface area contributed by atoms with Crippen LogP contribution >= 0.6 is 0 Å². The standard InChI is InChI=1S/C27H42N8O3/c1-16-8-10-18(11-9-16)14-34-20-22(29-17(2)19-6-5-7-19)31-24(21(28)30-26(36)37)32-23(20)33-25(34)35-12-13-38-15-27(35,3)4/h16-19H,5-15H2,1-4H3,(H2,28,30)(H,36,37)(H,29,31,32)/t16-,17-,18-/m1/s1. The Hall–Kier alpha value is -2.95. The summed E-state index contributed by atoms with van der Waals surface area (Å²) in [5.41, 5.74) is 1.06. The van der Waals surface area contributed by atoms with Crippen LogP contribution in [0.25, 0.3) is 11.2 Å². The molecule has 11 heteroatoms. The predicted octanol–water partition coefficient (Wildman–Crippen LogP) is 4.46. The number of hydrogen-bond donors (Lipinski definition) is 4. The summed E-state index contributed by atoms with van der Waals surface area (Å²) in [5, 5.41) is 23.2. The molecule has 1 atom stereocenters. The van der Waals surface area contributed by atoms with Crippen LogP contribution in [0.2, 0.25) is 0 Å². The van der Waals surface area contributed by atoms with E-state index in [1.807, 2.05) is 0 Å². The number of amidine groups is 1. The first kappa shape index (κ1) is 26.6. The van der Waals surface area contributed by atoms with Gasteiger partial charge in [-0.2, -0.15) is 4.98 Å². The molecule has 2 saturated carbocycles. The second kappa shape index (κ2) is 10.7. The fraction of sp³-hybridized carbons (Fsp3) is 0.741. The predicted molar refractivity (Wildman–Crippen MR) is 147 cm³/mol. The molecule has 38 heavy (non-hydrogen) atoms. The van der Waals surface area contributed by atoms with Gasteiger partial charge in [0.1, 0.15) is 5.52 Å². The van der Waals surface area contributed by atoms with Crippen molar-refractivity contribution >= 4 is 34.9 Å². The third-order valence-corrected chi connectivity index (χ3v) is 8.72. The third kappa shape index (κ3) is 5.43. The van der Waals surface area contributed by atoms with Crippen molar-refractivity contribution in [3.05, 3.63) is 5.82 Å². The minimum Gasteiger partial charge on any atom is -0.465 e. The Morgan fingerprint density at radius 3 is 2.55 bits per heavy atom. The number of anilines is 2. The van der Waals surface area contributed by atoms with E-state index in [0.29, 0.717) is 36.5 Å². The van der Waals surface area contributed by atoms with E-state index >= 15 is 0 Å². The van der Waals surface area contributed by atoms with Gasteiger partial charge in [-0.05, 0) is 64.2 Å². The maximum absolute atomic E-state index is 11.3. The van der Waals surface area contributed by atoms with Gasteiger partial charge in [0.05, 0.1) is 18.8 Å². The third-order valence-electron chi connectivity index (χ3n) is 8.72. The van der Waals surface area contributed by atoms with Crippen molar-refractivity contribution in [3.8, 4) is 0 Å². The number of hydrogen-bond acceptors (Lipinski definition) is 8. The monoisotopic (exact) mass is 526 g/mol. The molecule has 0 radical (unpaired) electrons. The molecular weight excluding hydrogens is 484 g/mol. The summed E-state index contributed by atoms with van der Waals surface area (Å²) in [6.07, 6.45) is 7.11. The summed E-state index contributed by atoms with van der Waals surface area (Å²) < 4.78 is 8.10. The molecule has 2 aliphatic carbocycles. The lowest BCUT2D eigenvalue weighted by Gasteiger charge is -2.43. The molecule has 1 aliphatic heterocycles. The van der Waals surface area contributed by atoms with Crippen molar-refractivity contribution in [1.29, 1.82) is 5.41 Å². The molecule has 4 N–H and O–H groups in total. The summed E-state index contributed by atoms with van der Waals surface area (Å²) in [6, 6.07) is 0.193. The first-order chi connectivity index (χ1) is 18.1. The number of rotatable bonds is 7. The molecule has 0 aromatic carbocycles. The van der Waals surface area contributed by atoms with Gasteiger partial charge < -0.3 is 24.6 Å². The van der Waals surface area contributed by atoms with E-state index in [1.54, 1.807) is 0 Å². The van der Waals surface area contributed by atoms with E-state index in [9.17, 15) is 9.90 Å². The van der Waals surface area contributed by atoms with Crippen LogP contribution in [0.5, 0.6) is 0 Å². The number of nitrogens with one attached hydrogen (secondary N) is 3. The molecule has 1 saturated heterocycles. The van der Waals surface area contributed by atoms with E-state index in [1.165, 1.54) is 44.9 Å². The summed E-state index contributed by atoms with van der Waals surface area (Å²) in [4.78, 5) is 28.0. The highest BCUT2D eigenvalue weighted by Crippen LogP contribution is 2.37. The van der Waals surface area contributed by atoms with Crippen LogP contribution in [-0.2, 0) is 11.3 Å². The Morgan fingerprint density at radius 1 is 1.18 bits per heavy atom. The first-order valence-electron chi connectivity index (χ1n) is 14.1. The van der Waals surface area contributed by atoms with E-state index in [2.05, 4.69) is 52.8 Å². The molecule has 3 fully saturated rings. The van der Waals surface area contributed by atoms with Gasteiger partial charge in [0.25, 0.3) is 0 Å². The summed E-state index contributed by atoms with van der Waals surface area (Å²) in [7, 11) is 0. The number of carboxylic acid groups (broad SMARTS) is 1. The zero-order valence-corrected chi connectivity index (χ0v) is 23.1. The Bertz CT molecular complexity index is 1180. The minimum atomic E-state index is -1.32. The SMILES string of the molecule is C[C@@H](Nc1nc(C(=N)NC(=O)O)nc2nc(N3CCOCC3(C)C)n(C[C@H]3CC[C@H](C)CC3)c12)C1CCC1. The molecule has 0 bridgehead atoms. The number of morpholine rings is 1. The van der Waals surface area contributed by atoms with Crippen LogP contribution in [0, 0.1) is 23.2 Å². The average Bonchev–Trinajstić information content (AvgIpc) is 3.16. The summed E-state index contributed by atoms with van der Waals surface area (Å²) in [5.74, 6) is 2.99. The Kier molecular flexibility index (Phi) is 7.48. The van der Waals surface area contributed by atoms with Crippen molar-refractivity contribution in [3.63, 3.8) is 0 Å². The van der Waals surface area contributed by atoms with Gasteiger partial charge >= 0.3 is 6.09 Å². The molecule has 1 amide bonds. The molecule has 5 rings (SSSR count). The van der Waals surface area contributed by atoms with Crippen molar-refractivity contribution in [1.82, 2.24) is 24.8 Å². The highest BCUT2D eigenvalue weighted by Gasteiger charge is 2.36. The van der Waals surface area contributed by atoms with E-state index in [-0.39, 0.29) is 23.2 Å². The van der Waals surface area contributed by atoms with E-state index in [0.717, 1.165) is 30.5 Å². The highest BCUT2D eigenvalue weighted by molar-refractivity contribution is 6.03. The molecule has 0 spiro atoms. The molecule has 2 aromatic rings. The van der Waals surface area contributed by atoms with Crippen LogP contribution < -0.4 is 15.5 Å². The van der Waals surface area contributed by atoms with Crippen LogP contribution in [0.3, 0.4) is 0 Å². The Labute approximate surface area is 224 Å². The molecule has 3 aliphatic rings. The average molecular weight is 527 g/mol. The number of fused-ring (bicyclic) bond motifs is 1. The number of amides is 1. The number of aromatic nitrogens is 4. The van der Waals surface area contributed by atoms with Crippen molar-refractivity contribution in [2.45, 2.75) is 90.8 Å². The zero-order chi connectivity index (χ0) is 27.0. The number of nitrogens with zero attached hydrogens (tertiary/aromatic N) is 5. The maximum Gasteiger partial charge on any atom is 0.410 e. The van der Waals surface area contributed by atoms with Crippen LogP contribution in [0.15, 0.2) is 0 Å². The zero-order valence-electron chi connectivity index (χ0n) is 23.1. The lowest BCUT2D eigenvalue weighted by Crippen LogP contribution is -2.54.